The summed E-state index contributed by atoms with van der Waals surface area (Å²) >= 11 is 6.12. The van der Waals surface area contributed by atoms with Gasteiger partial charge in [-0.2, -0.15) is 5.26 Å². The summed E-state index contributed by atoms with van der Waals surface area (Å²) < 4.78 is 0. The molecule has 1 N–H and O–H groups in total. The number of carboxylic acid groups (broad SMARTS) is 1. The third kappa shape index (κ3) is 2.27. The molecule has 0 spiro atoms. The van der Waals surface area contributed by atoms with Crippen molar-refractivity contribution in [3.63, 3.8) is 0 Å². The first-order valence-corrected chi connectivity index (χ1v) is 6.08. The Morgan fingerprint density at radius 1 is 1.56 bits per heavy atom. The van der Waals surface area contributed by atoms with Gasteiger partial charge in [0.15, 0.2) is 0 Å². The zero-order chi connectivity index (χ0) is 13.3. The third-order valence-electron chi connectivity index (χ3n) is 3.35. The Morgan fingerprint density at radius 3 is 2.78 bits per heavy atom. The fraction of sp³-hybridized carbons (Fsp3) is 0.385. The molecule has 0 radical (unpaired) electrons. The van der Waals surface area contributed by atoms with Crippen LogP contribution in [0.5, 0.6) is 0 Å². The molecule has 5 heteroatoms. The summed E-state index contributed by atoms with van der Waals surface area (Å²) in [6, 6.07) is 7.10. The molecule has 2 rings (SSSR count). The maximum absolute atomic E-state index is 11.1. The Hall–Kier alpha value is -1.73. The molecule has 1 fully saturated rings. The van der Waals surface area contributed by atoms with E-state index in [0.29, 0.717) is 23.7 Å². The van der Waals surface area contributed by atoms with E-state index in [1.54, 1.807) is 18.2 Å². The van der Waals surface area contributed by atoms with Crippen molar-refractivity contribution in [3.05, 3.63) is 28.8 Å². The minimum absolute atomic E-state index is 0.0919. The fourth-order valence-corrected chi connectivity index (χ4v) is 2.62. The lowest BCUT2D eigenvalue weighted by Crippen LogP contribution is -2.23. The molecule has 18 heavy (non-hydrogen) atoms. The lowest BCUT2D eigenvalue weighted by Gasteiger charge is -2.19. The monoisotopic (exact) mass is 264 g/mol. The first kappa shape index (κ1) is 12.7. The largest absolute Gasteiger partial charge is 0.481 e. The van der Waals surface area contributed by atoms with Crippen molar-refractivity contribution in [2.45, 2.75) is 6.92 Å². The molecule has 0 aromatic heterocycles. The minimum atomic E-state index is -0.769. The van der Waals surface area contributed by atoms with Crippen LogP contribution in [0.15, 0.2) is 18.2 Å². The van der Waals surface area contributed by atoms with Crippen LogP contribution in [-0.4, -0.2) is 24.2 Å². The van der Waals surface area contributed by atoms with E-state index in [0.717, 1.165) is 5.69 Å². The molecule has 4 nitrogen and oxygen atoms in total. The van der Waals surface area contributed by atoms with Crippen LogP contribution in [0.1, 0.15) is 12.5 Å². The minimum Gasteiger partial charge on any atom is -0.481 e. The number of carbonyl (C=O) groups is 1. The van der Waals surface area contributed by atoms with Gasteiger partial charge in [-0.25, -0.2) is 0 Å². The van der Waals surface area contributed by atoms with E-state index in [2.05, 4.69) is 0 Å². The zero-order valence-corrected chi connectivity index (χ0v) is 10.7. The van der Waals surface area contributed by atoms with Gasteiger partial charge in [-0.15, -0.1) is 0 Å². The average Bonchev–Trinajstić information content (AvgIpc) is 2.71. The van der Waals surface area contributed by atoms with Crippen molar-refractivity contribution in [2.75, 3.05) is 18.0 Å². The molecular weight excluding hydrogens is 252 g/mol. The summed E-state index contributed by atoms with van der Waals surface area (Å²) in [4.78, 5) is 13.0. The Labute approximate surface area is 110 Å². The van der Waals surface area contributed by atoms with Crippen LogP contribution < -0.4 is 4.90 Å². The van der Waals surface area contributed by atoms with Crippen molar-refractivity contribution in [1.82, 2.24) is 0 Å². The molecule has 94 valence electrons. The van der Waals surface area contributed by atoms with Gasteiger partial charge < -0.3 is 10.0 Å². The smallest absolute Gasteiger partial charge is 0.308 e. The van der Waals surface area contributed by atoms with Gasteiger partial charge in [0.05, 0.1) is 28.3 Å². The molecule has 1 aromatic rings. The highest BCUT2D eigenvalue weighted by molar-refractivity contribution is 6.33. The van der Waals surface area contributed by atoms with Crippen LogP contribution in [0, 0.1) is 23.2 Å². The molecule has 1 saturated heterocycles. The first-order chi connectivity index (χ1) is 8.52. The van der Waals surface area contributed by atoms with Crippen molar-refractivity contribution < 1.29 is 9.90 Å². The van der Waals surface area contributed by atoms with Gasteiger partial charge in [0, 0.05) is 13.1 Å². The molecule has 2 atom stereocenters. The summed E-state index contributed by atoms with van der Waals surface area (Å²) in [6.07, 6.45) is 0. The van der Waals surface area contributed by atoms with Crippen molar-refractivity contribution in [3.8, 4) is 6.07 Å². The molecule has 1 aliphatic heterocycles. The Kier molecular flexibility index (Phi) is 3.44. The number of hydrogen-bond acceptors (Lipinski definition) is 3. The van der Waals surface area contributed by atoms with Gasteiger partial charge in [-0.3, -0.25) is 4.79 Å². The van der Waals surface area contributed by atoms with E-state index in [9.17, 15) is 4.79 Å². The van der Waals surface area contributed by atoms with Crippen LogP contribution in [-0.2, 0) is 4.79 Å². The second-order valence-corrected chi connectivity index (χ2v) is 5.01. The summed E-state index contributed by atoms with van der Waals surface area (Å²) in [5.74, 6) is -1.04. The van der Waals surface area contributed by atoms with Crippen molar-refractivity contribution >= 4 is 23.3 Å². The zero-order valence-electron chi connectivity index (χ0n) is 9.93. The molecule has 2 unspecified atom stereocenters. The van der Waals surface area contributed by atoms with Crippen LogP contribution in [0.2, 0.25) is 5.02 Å². The van der Waals surface area contributed by atoms with Gasteiger partial charge in [0.1, 0.15) is 0 Å². The maximum Gasteiger partial charge on any atom is 0.308 e. The summed E-state index contributed by atoms with van der Waals surface area (Å²) in [5, 5.41) is 18.4. The first-order valence-electron chi connectivity index (χ1n) is 5.70. The highest BCUT2D eigenvalue weighted by Crippen LogP contribution is 2.33. The van der Waals surface area contributed by atoms with Crippen LogP contribution in [0.25, 0.3) is 0 Å². The Morgan fingerprint density at radius 2 is 2.28 bits per heavy atom. The predicted octanol–water partition coefficient (Wildman–Crippen LogP) is 2.37. The number of anilines is 1. The Bertz CT molecular complexity index is 524. The average molecular weight is 265 g/mol. The predicted molar refractivity (Wildman–Crippen MR) is 68.7 cm³/mol. The number of nitrogens with zero attached hydrogens (tertiary/aromatic N) is 2. The van der Waals surface area contributed by atoms with Gasteiger partial charge in [-0.05, 0) is 24.1 Å². The van der Waals surface area contributed by atoms with E-state index in [1.165, 1.54) is 0 Å². The van der Waals surface area contributed by atoms with Gasteiger partial charge in [-0.1, -0.05) is 18.5 Å². The number of halogens is 1. The van der Waals surface area contributed by atoms with Crippen LogP contribution in [0.3, 0.4) is 0 Å². The number of hydrogen-bond donors (Lipinski definition) is 1. The lowest BCUT2D eigenvalue weighted by atomic mass is 9.99. The second-order valence-electron chi connectivity index (χ2n) is 4.60. The van der Waals surface area contributed by atoms with E-state index in [4.69, 9.17) is 22.0 Å². The quantitative estimate of drug-likeness (QED) is 0.891. The number of aliphatic carboxylic acids is 1. The van der Waals surface area contributed by atoms with E-state index in [1.807, 2.05) is 17.9 Å². The number of carboxylic acids is 1. The summed E-state index contributed by atoms with van der Waals surface area (Å²) in [7, 11) is 0. The molecule has 1 aliphatic rings. The molecule has 0 saturated carbocycles. The van der Waals surface area contributed by atoms with E-state index < -0.39 is 5.97 Å². The second kappa shape index (κ2) is 4.87. The molecule has 0 amide bonds. The third-order valence-corrected chi connectivity index (χ3v) is 3.65. The number of benzene rings is 1. The van der Waals surface area contributed by atoms with Crippen molar-refractivity contribution in [1.29, 1.82) is 5.26 Å². The molecular formula is C13H13ClN2O2. The highest BCUT2D eigenvalue weighted by Gasteiger charge is 2.35. The van der Waals surface area contributed by atoms with Crippen LogP contribution in [0.4, 0.5) is 5.69 Å². The van der Waals surface area contributed by atoms with Gasteiger partial charge in [0.2, 0.25) is 0 Å². The summed E-state index contributed by atoms with van der Waals surface area (Å²) in [6.45, 7) is 3.06. The van der Waals surface area contributed by atoms with Gasteiger partial charge in [0.25, 0.3) is 0 Å². The SMILES string of the molecule is CC1CN(c2ccc(C#N)cc2Cl)CC1C(=O)O. The molecule has 0 bridgehead atoms. The lowest BCUT2D eigenvalue weighted by molar-refractivity contribution is -0.142. The maximum atomic E-state index is 11.1. The van der Waals surface area contributed by atoms with Crippen LogP contribution >= 0.6 is 11.6 Å². The van der Waals surface area contributed by atoms with Crippen molar-refractivity contribution in [2.24, 2.45) is 11.8 Å². The number of nitriles is 1. The Balaban J connectivity index is 2.24. The normalized spacial score (nSPS) is 22.8. The van der Waals surface area contributed by atoms with E-state index in [-0.39, 0.29) is 11.8 Å². The number of rotatable bonds is 2. The van der Waals surface area contributed by atoms with Gasteiger partial charge >= 0.3 is 5.97 Å². The fourth-order valence-electron chi connectivity index (χ4n) is 2.32. The summed E-state index contributed by atoms with van der Waals surface area (Å²) in [5.41, 5.74) is 1.30. The molecule has 1 aromatic carbocycles. The highest BCUT2D eigenvalue weighted by atomic mass is 35.5. The standard InChI is InChI=1S/C13H13ClN2O2/c1-8-6-16(7-10(8)13(17)18)12-3-2-9(5-15)4-11(12)14/h2-4,8,10H,6-7H2,1H3,(H,17,18). The molecule has 1 heterocycles. The van der Waals surface area contributed by atoms with E-state index >= 15 is 0 Å². The topological polar surface area (TPSA) is 64.3 Å². The molecule has 0 aliphatic carbocycles.